The highest BCUT2D eigenvalue weighted by Crippen LogP contribution is 2.29. The minimum atomic E-state index is -4.44. The van der Waals surface area contributed by atoms with Crippen molar-refractivity contribution in [1.29, 1.82) is 0 Å². The Balaban J connectivity index is 1.63. The van der Waals surface area contributed by atoms with Crippen LogP contribution in [0.1, 0.15) is 16.8 Å². The van der Waals surface area contributed by atoms with E-state index in [0.717, 1.165) is 23.5 Å². The maximum absolute atomic E-state index is 12.7. The van der Waals surface area contributed by atoms with Gasteiger partial charge in [0.15, 0.2) is 0 Å². The van der Waals surface area contributed by atoms with Crippen LogP contribution in [0.4, 0.5) is 13.2 Å². The zero-order valence-electron chi connectivity index (χ0n) is 14.1. The number of para-hydroxylation sites is 1. The van der Waals surface area contributed by atoms with Gasteiger partial charge >= 0.3 is 6.18 Å². The molecule has 7 heteroatoms. The van der Waals surface area contributed by atoms with Gasteiger partial charge in [0.25, 0.3) is 0 Å². The number of amides is 1. The number of hydrazone groups is 1. The first-order chi connectivity index (χ1) is 12.9. The van der Waals surface area contributed by atoms with Gasteiger partial charge in [-0.3, -0.25) is 4.79 Å². The van der Waals surface area contributed by atoms with Crippen molar-refractivity contribution in [2.75, 3.05) is 0 Å². The molecular weight excluding hydrogens is 355 g/mol. The summed E-state index contributed by atoms with van der Waals surface area (Å²) in [5, 5.41) is 3.90. The summed E-state index contributed by atoms with van der Waals surface area (Å²) in [7, 11) is 0. The van der Waals surface area contributed by atoms with Crippen LogP contribution in [0.15, 0.2) is 78.0 Å². The fraction of sp³-hybridized carbons (Fsp3) is 0.100. The van der Waals surface area contributed by atoms with Crippen LogP contribution in [0, 0.1) is 0 Å². The summed E-state index contributed by atoms with van der Waals surface area (Å²) in [5.74, 6) is -0.497. The molecule has 0 saturated heterocycles. The van der Waals surface area contributed by atoms with Crippen LogP contribution in [-0.4, -0.2) is 16.7 Å². The number of carbonyl (C=O) groups excluding carboxylic acids is 1. The number of alkyl halides is 3. The monoisotopic (exact) mass is 371 g/mol. The van der Waals surface area contributed by atoms with E-state index in [9.17, 15) is 18.0 Å². The Morgan fingerprint density at radius 1 is 1.04 bits per heavy atom. The van der Waals surface area contributed by atoms with Crippen LogP contribution in [0.25, 0.3) is 5.69 Å². The van der Waals surface area contributed by atoms with E-state index >= 15 is 0 Å². The molecule has 4 nitrogen and oxygen atoms in total. The molecule has 1 heterocycles. The first-order valence-electron chi connectivity index (χ1n) is 8.14. The van der Waals surface area contributed by atoms with Crippen LogP contribution in [0.5, 0.6) is 0 Å². The Bertz CT molecular complexity index is 946. The number of carbonyl (C=O) groups is 1. The van der Waals surface area contributed by atoms with Gasteiger partial charge in [-0.05, 0) is 35.9 Å². The first kappa shape index (κ1) is 18.4. The lowest BCUT2D eigenvalue weighted by molar-refractivity contribution is -0.137. The van der Waals surface area contributed by atoms with Gasteiger partial charge in [-0.15, -0.1) is 0 Å². The Hall–Kier alpha value is -3.35. The van der Waals surface area contributed by atoms with Crippen LogP contribution in [0.3, 0.4) is 0 Å². The summed E-state index contributed by atoms with van der Waals surface area (Å²) in [4.78, 5) is 11.9. The summed E-state index contributed by atoms with van der Waals surface area (Å²) in [6.45, 7) is 0. The van der Waals surface area contributed by atoms with Crippen LogP contribution in [-0.2, 0) is 17.4 Å². The number of halogens is 3. The van der Waals surface area contributed by atoms with E-state index in [2.05, 4.69) is 10.5 Å². The third-order valence-electron chi connectivity index (χ3n) is 3.82. The van der Waals surface area contributed by atoms with E-state index in [1.165, 1.54) is 18.3 Å². The normalized spacial score (nSPS) is 11.7. The van der Waals surface area contributed by atoms with Gasteiger partial charge in [-0.1, -0.05) is 36.4 Å². The smallest absolute Gasteiger partial charge is 0.316 e. The van der Waals surface area contributed by atoms with Crippen molar-refractivity contribution in [2.24, 2.45) is 5.10 Å². The van der Waals surface area contributed by atoms with Gasteiger partial charge < -0.3 is 4.57 Å². The molecule has 1 N–H and O–H groups in total. The molecule has 0 fully saturated rings. The molecule has 138 valence electrons. The Morgan fingerprint density at radius 2 is 1.81 bits per heavy atom. The maximum Gasteiger partial charge on any atom is 0.416 e. The van der Waals surface area contributed by atoms with E-state index in [4.69, 9.17) is 0 Å². The predicted molar refractivity (Wildman–Crippen MR) is 96.7 cm³/mol. The van der Waals surface area contributed by atoms with Gasteiger partial charge in [-0.25, -0.2) is 5.43 Å². The summed E-state index contributed by atoms with van der Waals surface area (Å²) >= 11 is 0. The second kappa shape index (κ2) is 7.90. The Labute approximate surface area is 153 Å². The topological polar surface area (TPSA) is 46.4 Å². The number of rotatable bonds is 5. The Kier molecular flexibility index (Phi) is 5.40. The summed E-state index contributed by atoms with van der Waals surface area (Å²) < 4.78 is 40.0. The molecule has 1 aromatic heterocycles. The van der Waals surface area contributed by atoms with E-state index < -0.39 is 17.6 Å². The second-order valence-electron chi connectivity index (χ2n) is 5.81. The van der Waals surface area contributed by atoms with Crippen molar-refractivity contribution >= 4 is 12.1 Å². The average molecular weight is 371 g/mol. The molecule has 2 aromatic carbocycles. The number of hydrogen-bond donors (Lipinski definition) is 1. The number of benzene rings is 2. The second-order valence-corrected chi connectivity index (χ2v) is 5.81. The zero-order valence-corrected chi connectivity index (χ0v) is 14.1. The fourth-order valence-electron chi connectivity index (χ4n) is 2.58. The molecule has 3 aromatic rings. The molecule has 27 heavy (non-hydrogen) atoms. The van der Waals surface area contributed by atoms with Crippen LogP contribution in [0.2, 0.25) is 0 Å². The zero-order chi connectivity index (χ0) is 19.3. The summed E-state index contributed by atoms with van der Waals surface area (Å²) in [5.41, 5.74) is 3.52. The van der Waals surface area contributed by atoms with Gasteiger partial charge in [0.05, 0.1) is 23.9 Å². The first-order valence-corrected chi connectivity index (χ1v) is 8.14. The molecule has 0 saturated carbocycles. The highest BCUT2D eigenvalue weighted by atomic mass is 19.4. The lowest BCUT2D eigenvalue weighted by Gasteiger charge is -2.08. The molecular formula is C20H16F3N3O. The fourth-order valence-corrected chi connectivity index (χ4v) is 2.58. The van der Waals surface area contributed by atoms with E-state index in [1.54, 1.807) is 0 Å². The van der Waals surface area contributed by atoms with Crippen molar-refractivity contribution in [1.82, 2.24) is 9.99 Å². The quantitative estimate of drug-likeness (QED) is 0.531. The standard InChI is InChI=1S/C20H16F3N3O/c21-20(22,23)16-7-4-6-15(12-16)13-19(27)25-24-14-18-10-5-11-26(18)17-8-2-1-3-9-17/h1-12,14H,13H2,(H,25,27)/b24-14-. The lowest BCUT2D eigenvalue weighted by Crippen LogP contribution is -2.20. The van der Waals surface area contributed by atoms with Gasteiger partial charge in [0.1, 0.15) is 0 Å². The van der Waals surface area contributed by atoms with Crippen molar-refractivity contribution in [3.05, 3.63) is 89.7 Å². The molecule has 0 bridgehead atoms. The van der Waals surface area contributed by atoms with Gasteiger partial charge in [0, 0.05) is 11.9 Å². The molecule has 0 atom stereocenters. The van der Waals surface area contributed by atoms with Crippen molar-refractivity contribution in [2.45, 2.75) is 12.6 Å². The third-order valence-corrected chi connectivity index (χ3v) is 3.82. The molecule has 1 amide bonds. The number of aromatic nitrogens is 1. The molecule has 0 spiro atoms. The molecule has 3 rings (SSSR count). The van der Waals surface area contributed by atoms with E-state index in [0.29, 0.717) is 0 Å². The predicted octanol–water partition coefficient (Wildman–Crippen LogP) is 4.19. The minimum Gasteiger partial charge on any atom is -0.316 e. The highest BCUT2D eigenvalue weighted by Gasteiger charge is 2.30. The summed E-state index contributed by atoms with van der Waals surface area (Å²) in [6, 6.07) is 18.0. The van der Waals surface area contributed by atoms with E-state index in [-0.39, 0.29) is 12.0 Å². The van der Waals surface area contributed by atoms with Crippen molar-refractivity contribution in [3.8, 4) is 5.69 Å². The minimum absolute atomic E-state index is 0.193. The number of hydrogen-bond acceptors (Lipinski definition) is 2. The third kappa shape index (κ3) is 4.84. The highest BCUT2D eigenvalue weighted by molar-refractivity contribution is 5.82. The Morgan fingerprint density at radius 3 is 2.56 bits per heavy atom. The van der Waals surface area contributed by atoms with Crippen molar-refractivity contribution < 1.29 is 18.0 Å². The number of nitrogens with one attached hydrogen (secondary N) is 1. The summed E-state index contributed by atoms with van der Waals surface area (Å²) in [6.07, 6.45) is -1.29. The SMILES string of the molecule is O=C(Cc1cccc(C(F)(F)F)c1)N/N=C\c1cccn1-c1ccccc1. The van der Waals surface area contributed by atoms with Crippen LogP contribution < -0.4 is 5.43 Å². The molecule has 0 aliphatic rings. The van der Waals surface area contributed by atoms with Gasteiger partial charge in [0.2, 0.25) is 5.91 Å². The molecule has 0 unspecified atom stereocenters. The average Bonchev–Trinajstić information content (AvgIpc) is 3.10. The van der Waals surface area contributed by atoms with Crippen LogP contribution >= 0.6 is 0 Å². The maximum atomic E-state index is 12.7. The molecule has 0 aliphatic carbocycles. The lowest BCUT2D eigenvalue weighted by atomic mass is 10.1. The molecule has 0 aliphatic heterocycles. The largest absolute Gasteiger partial charge is 0.416 e. The molecule has 0 radical (unpaired) electrons. The number of nitrogens with zero attached hydrogens (tertiary/aromatic N) is 2. The van der Waals surface area contributed by atoms with E-state index in [1.807, 2.05) is 53.2 Å². The van der Waals surface area contributed by atoms with Crippen molar-refractivity contribution in [3.63, 3.8) is 0 Å². The van der Waals surface area contributed by atoms with Gasteiger partial charge in [-0.2, -0.15) is 18.3 Å².